The zero-order valence-electron chi connectivity index (χ0n) is 12.0. The van der Waals surface area contributed by atoms with Crippen LogP contribution in [0.15, 0.2) is 36.4 Å². The predicted octanol–water partition coefficient (Wildman–Crippen LogP) is 3.69. The van der Waals surface area contributed by atoms with Gasteiger partial charge in [0.05, 0.1) is 10.6 Å². The van der Waals surface area contributed by atoms with E-state index in [1.54, 1.807) is 18.2 Å². The molecule has 4 nitrogen and oxygen atoms in total. The minimum absolute atomic E-state index is 0.190. The number of hydrazine groups is 1. The molecule has 6 heteroatoms. The normalized spacial score (nSPS) is 10.2. The van der Waals surface area contributed by atoms with Crippen molar-refractivity contribution >= 4 is 35.0 Å². The monoisotopic (exact) mass is 336 g/mol. The Bertz CT molecular complexity index is 725. The van der Waals surface area contributed by atoms with Crippen LogP contribution in [0.25, 0.3) is 0 Å². The van der Waals surface area contributed by atoms with E-state index in [0.29, 0.717) is 10.6 Å². The molecule has 0 fully saturated rings. The molecule has 2 amide bonds. The first-order valence-electron chi connectivity index (χ1n) is 6.51. The zero-order valence-corrected chi connectivity index (χ0v) is 13.5. The fraction of sp³-hybridized carbons (Fsp3) is 0.125. The molecule has 22 heavy (non-hydrogen) atoms. The maximum atomic E-state index is 12.1. The summed E-state index contributed by atoms with van der Waals surface area (Å²) in [4.78, 5) is 24.1. The largest absolute Gasteiger partial charge is 0.271 e. The minimum Gasteiger partial charge on any atom is -0.267 e. The lowest BCUT2D eigenvalue weighted by molar-refractivity contribution is 0.0846. The third kappa shape index (κ3) is 4.00. The van der Waals surface area contributed by atoms with Crippen LogP contribution in [-0.2, 0) is 0 Å². The molecule has 0 saturated carbocycles. The lowest BCUT2D eigenvalue weighted by atomic mass is 10.1. The Kier molecular flexibility index (Phi) is 5.06. The highest BCUT2D eigenvalue weighted by atomic mass is 35.5. The van der Waals surface area contributed by atoms with Crippen LogP contribution >= 0.6 is 23.2 Å². The maximum Gasteiger partial charge on any atom is 0.271 e. The molecule has 0 aromatic heterocycles. The fourth-order valence-corrected chi connectivity index (χ4v) is 2.41. The lowest BCUT2D eigenvalue weighted by Gasteiger charge is -2.10. The summed E-state index contributed by atoms with van der Waals surface area (Å²) in [5.74, 6) is -0.941. The van der Waals surface area contributed by atoms with E-state index in [1.165, 1.54) is 12.1 Å². The number of nitrogens with one attached hydrogen (secondary N) is 2. The summed E-state index contributed by atoms with van der Waals surface area (Å²) in [5, 5.41) is 0.637. The van der Waals surface area contributed by atoms with E-state index in [1.807, 2.05) is 19.9 Å². The van der Waals surface area contributed by atoms with Crippen LogP contribution in [-0.4, -0.2) is 11.8 Å². The van der Waals surface area contributed by atoms with E-state index in [2.05, 4.69) is 10.9 Å². The van der Waals surface area contributed by atoms with Crippen molar-refractivity contribution in [2.75, 3.05) is 0 Å². The van der Waals surface area contributed by atoms with Gasteiger partial charge in [0.25, 0.3) is 11.8 Å². The highest BCUT2D eigenvalue weighted by molar-refractivity contribution is 6.35. The van der Waals surface area contributed by atoms with Gasteiger partial charge in [0.2, 0.25) is 0 Å². The second-order valence-corrected chi connectivity index (χ2v) is 5.75. The van der Waals surface area contributed by atoms with Crippen molar-refractivity contribution < 1.29 is 9.59 Å². The second-order valence-electron chi connectivity index (χ2n) is 4.91. The van der Waals surface area contributed by atoms with Gasteiger partial charge in [-0.3, -0.25) is 20.4 Å². The number of rotatable bonds is 2. The molecule has 2 aromatic carbocycles. The van der Waals surface area contributed by atoms with E-state index < -0.39 is 11.8 Å². The van der Waals surface area contributed by atoms with Gasteiger partial charge in [-0.2, -0.15) is 0 Å². The first-order valence-corrected chi connectivity index (χ1v) is 7.26. The molecular weight excluding hydrogens is 323 g/mol. The third-order valence-corrected chi connectivity index (χ3v) is 3.51. The lowest BCUT2D eigenvalue weighted by Crippen LogP contribution is -2.41. The molecule has 0 saturated heterocycles. The van der Waals surface area contributed by atoms with Crippen LogP contribution in [0.1, 0.15) is 31.8 Å². The quantitative estimate of drug-likeness (QED) is 0.821. The molecule has 2 aromatic rings. The summed E-state index contributed by atoms with van der Waals surface area (Å²) in [6, 6.07) is 9.96. The highest BCUT2D eigenvalue weighted by Crippen LogP contribution is 2.20. The van der Waals surface area contributed by atoms with Crippen molar-refractivity contribution in [3.8, 4) is 0 Å². The molecule has 2 rings (SSSR count). The number of aryl methyl sites for hydroxylation is 2. The molecule has 0 atom stereocenters. The van der Waals surface area contributed by atoms with Crippen LogP contribution < -0.4 is 10.9 Å². The van der Waals surface area contributed by atoms with Crippen LogP contribution in [0.3, 0.4) is 0 Å². The Labute approximate surface area is 138 Å². The Morgan fingerprint density at radius 3 is 2.09 bits per heavy atom. The van der Waals surface area contributed by atoms with Gasteiger partial charge in [-0.05, 0) is 44.2 Å². The molecule has 0 unspecified atom stereocenters. The van der Waals surface area contributed by atoms with Crippen LogP contribution in [0, 0.1) is 13.8 Å². The van der Waals surface area contributed by atoms with Crippen molar-refractivity contribution in [2.24, 2.45) is 0 Å². The van der Waals surface area contributed by atoms with Gasteiger partial charge >= 0.3 is 0 Å². The summed E-state index contributed by atoms with van der Waals surface area (Å²) < 4.78 is 0. The predicted molar refractivity (Wildman–Crippen MR) is 87.3 cm³/mol. The van der Waals surface area contributed by atoms with Crippen LogP contribution in [0.4, 0.5) is 0 Å². The van der Waals surface area contributed by atoms with Gasteiger partial charge in [0, 0.05) is 10.6 Å². The van der Waals surface area contributed by atoms with Gasteiger partial charge in [-0.25, -0.2) is 0 Å². The smallest absolute Gasteiger partial charge is 0.267 e. The van der Waals surface area contributed by atoms with E-state index in [9.17, 15) is 9.59 Å². The van der Waals surface area contributed by atoms with Crippen molar-refractivity contribution in [1.82, 2.24) is 10.9 Å². The highest BCUT2D eigenvalue weighted by Gasteiger charge is 2.13. The molecule has 0 aliphatic rings. The standard InChI is InChI=1S/C16H14Cl2N2O2/c1-9-5-10(2)7-11(6-9)15(21)19-20-16(22)13-8-12(17)3-4-14(13)18/h3-8H,1-2H3,(H,19,21)(H,20,22). The zero-order chi connectivity index (χ0) is 16.3. The minimum atomic E-state index is -0.537. The molecule has 0 radical (unpaired) electrons. The van der Waals surface area contributed by atoms with Gasteiger partial charge in [-0.1, -0.05) is 40.4 Å². The van der Waals surface area contributed by atoms with Crippen molar-refractivity contribution in [3.63, 3.8) is 0 Å². The fourth-order valence-electron chi connectivity index (χ4n) is 2.03. The number of amides is 2. The first kappa shape index (κ1) is 16.3. The second kappa shape index (κ2) is 6.81. The first-order chi connectivity index (χ1) is 10.4. The summed E-state index contributed by atoms with van der Waals surface area (Å²) in [6.07, 6.45) is 0. The van der Waals surface area contributed by atoms with Gasteiger partial charge in [-0.15, -0.1) is 0 Å². The number of hydrogen-bond acceptors (Lipinski definition) is 2. The molecule has 0 aliphatic heterocycles. The molecule has 0 spiro atoms. The summed E-state index contributed by atoms with van der Waals surface area (Å²) >= 11 is 11.8. The number of carbonyl (C=O) groups excluding carboxylic acids is 2. The molecule has 0 aliphatic carbocycles. The SMILES string of the molecule is Cc1cc(C)cc(C(=O)NNC(=O)c2cc(Cl)ccc2Cl)c1. The van der Waals surface area contributed by atoms with Crippen molar-refractivity contribution in [2.45, 2.75) is 13.8 Å². The Morgan fingerprint density at radius 1 is 0.864 bits per heavy atom. The average Bonchev–Trinajstić information content (AvgIpc) is 2.45. The Hall–Kier alpha value is -2.04. The van der Waals surface area contributed by atoms with Crippen molar-refractivity contribution in [3.05, 3.63) is 68.7 Å². The number of carbonyl (C=O) groups is 2. The molecule has 0 heterocycles. The molecular formula is C16H14Cl2N2O2. The summed E-state index contributed by atoms with van der Waals surface area (Å²) in [6.45, 7) is 3.79. The van der Waals surface area contributed by atoms with E-state index in [0.717, 1.165) is 11.1 Å². The Balaban J connectivity index is 2.07. The maximum absolute atomic E-state index is 12.1. The Morgan fingerprint density at radius 2 is 1.45 bits per heavy atom. The summed E-state index contributed by atoms with van der Waals surface area (Å²) in [5.41, 5.74) is 7.27. The van der Waals surface area contributed by atoms with E-state index >= 15 is 0 Å². The topological polar surface area (TPSA) is 58.2 Å². The van der Waals surface area contributed by atoms with Gasteiger partial charge < -0.3 is 0 Å². The van der Waals surface area contributed by atoms with E-state index in [-0.39, 0.29) is 10.6 Å². The number of halogens is 2. The van der Waals surface area contributed by atoms with Crippen molar-refractivity contribution in [1.29, 1.82) is 0 Å². The molecule has 114 valence electrons. The van der Waals surface area contributed by atoms with Gasteiger partial charge in [0.15, 0.2) is 0 Å². The van der Waals surface area contributed by atoms with Crippen LogP contribution in [0.5, 0.6) is 0 Å². The third-order valence-electron chi connectivity index (χ3n) is 2.95. The van der Waals surface area contributed by atoms with Gasteiger partial charge in [0.1, 0.15) is 0 Å². The molecule has 0 bridgehead atoms. The van der Waals surface area contributed by atoms with Crippen LogP contribution in [0.2, 0.25) is 10.0 Å². The summed E-state index contributed by atoms with van der Waals surface area (Å²) in [7, 11) is 0. The molecule has 2 N–H and O–H groups in total. The number of hydrogen-bond donors (Lipinski definition) is 2. The number of benzene rings is 2. The van der Waals surface area contributed by atoms with E-state index in [4.69, 9.17) is 23.2 Å². The average molecular weight is 337 g/mol.